The first kappa shape index (κ1) is 21.5. The lowest BCUT2D eigenvalue weighted by molar-refractivity contribution is 0.144. The number of nitrogens with zero attached hydrogens (tertiary/aromatic N) is 3. The zero-order valence-corrected chi connectivity index (χ0v) is 17.5. The fourth-order valence-corrected chi connectivity index (χ4v) is 3.31. The van der Waals surface area contributed by atoms with Crippen LogP contribution in [0.2, 0.25) is 0 Å². The van der Waals surface area contributed by atoms with E-state index in [-0.39, 0.29) is 18.4 Å². The van der Waals surface area contributed by atoms with Gasteiger partial charge in [0.05, 0.1) is 19.8 Å². The van der Waals surface area contributed by atoms with Crippen molar-refractivity contribution in [2.24, 2.45) is 13.0 Å². The molecule has 0 aliphatic carbocycles. The van der Waals surface area contributed by atoms with E-state index < -0.39 is 0 Å². The summed E-state index contributed by atoms with van der Waals surface area (Å²) < 4.78 is 13.5. The van der Waals surface area contributed by atoms with E-state index in [2.05, 4.69) is 52.8 Å². The number of nitrogens with one attached hydrogen (secondary N) is 1. The van der Waals surface area contributed by atoms with Crippen molar-refractivity contribution in [3.8, 4) is 11.5 Å². The van der Waals surface area contributed by atoms with Gasteiger partial charge in [-0.15, -0.1) is 12.4 Å². The van der Waals surface area contributed by atoms with Crippen LogP contribution < -0.4 is 14.8 Å². The van der Waals surface area contributed by atoms with Crippen molar-refractivity contribution in [1.29, 1.82) is 0 Å². The molecule has 1 atom stereocenters. The van der Waals surface area contributed by atoms with Crippen LogP contribution in [-0.2, 0) is 13.6 Å². The Morgan fingerprint density at radius 3 is 2.78 bits per heavy atom. The Morgan fingerprint density at radius 2 is 2.11 bits per heavy atom. The van der Waals surface area contributed by atoms with Crippen LogP contribution in [0, 0.1) is 5.92 Å². The van der Waals surface area contributed by atoms with Crippen molar-refractivity contribution in [2.75, 3.05) is 33.4 Å². The summed E-state index contributed by atoms with van der Waals surface area (Å²) in [6, 6.07) is 6.51. The molecule has 1 aromatic carbocycles. The van der Waals surface area contributed by atoms with E-state index in [9.17, 15) is 0 Å². The number of imidazole rings is 1. The normalized spacial score (nSPS) is 17.6. The third-order valence-corrected chi connectivity index (χ3v) is 4.70. The number of rotatable bonds is 7. The Hall–Kier alpha value is -1.76. The third kappa shape index (κ3) is 5.37. The molecule has 27 heavy (non-hydrogen) atoms. The van der Waals surface area contributed by atoms with E-state index in [0.29, 0.717) is 12.5 Å². The molecule has 7 heteroatoms. The maximum absolute atomic E-state index is 5.97. The Balaban J connectivity index is 0.00000261. The van der Waals surface area contributed by atoms with Crippen molar-refractivity contribution in [1.82, 2.24) is 19.8 Å². The zero-order chi connectivity index (χ0) is 18.5. The van der Waals surface area contributed by atoms with Gasteiger partial charge in [0.15, 0.2) is 11.5 Å². The van der Waals surface area contributed by atoms with Crippen LogP contribution in [0.3, 0.4) is 0 Å². The molecule has 3 rings (SSSR count). The topological polar surface area (TPSA) is 51.5 Å². The molecule has 0 saturated carbocycles. The van der Waals surface area contributed by atoms with Crippen LogP contribution in [0.5, 0.6) is 11.5 Å². The summed E-state index contributed by atoms with van der Waals surface area (Å²) >= 11 is 0. The van der Waals surface area contributed by atoms with E-state index in [0.717, 1.165) is 43.5 Å². The molecule has 0 bridgehead atoms. The summed E-state index contributed by atoms with van der Waals surface area (Å²) in [7, 11) is 3.74. The minimum Gasteiger partial charge on any atom is -0.493 e. The molecule has 6 nitrogen and oxygen atoms in total. The second kappa shape index (κ2) is 9.97. The average Bonchev–Trinajstić information content (AvgIpc) is 3.06. The number of ether oxygens (including phenoxy) is 2. The van der Waals surface area contributed by atoms with Crippen molar-refractivity contribution < 1.29 is 9.47 Å². The monoisotopic (exact) mass is 394 g/mol. The summed E-state index contributed by atoms with van der Waals surface area (Å²) in [6.45, 7) is 8.74. The fraction of sp³-hybridized carbons (Fsp3) is 0.550. The van der Waals surface area contributed by atoms with Gasteiger partial charge in [-0.3, -0.25) is 4.90 Å². The Morgan fingerprint density at radius 1 is 1.30 bits per heavy atom. The van der Waals surface area contributed by atoms with E-state index in [1.54, 1.807) is 7.11 Å². The lowest BCUT2D eigenvalue weighted by atomic mass is 10.1. The largest absolute Gasteiger partial charge is 0.493 e. The molecule has 1 fully saturated rings. The lowest BCUT2D eigenvalue weighted by Gasteiger charge is -2.35. The van der Waals surface area contributed by atoms with Crippen LogP contribution in [0.15, 0.2) is 30.6 Å². The first-order valence-corrected chi connectivity index (χ1v) is 9.30. The standard InChI is InChI=1S/C20H30N4O2.ClH/c1-15(2)14-26-19-11-16(5-6-18(19)25-4)13-24-10-7-21-12-17(24)20-22-8-9-23(20)3;/h5-6,8-9,11,15,17,21H,7,10,12-14H2,1-4H3;1H. The second-order valence-corrected chi connectivity index (χ2v) is 7.28. The van der Waals surface area contributed by atoms with Gasteiger partial charge in [-0.25, -0.2) is 4.98 Å². The van der Waals surface area contributed by atoms with Gasteiger partial charge in [0.25, 0.3) is 0 Å². The second-order valence-electron chi connectivity index (χ2n) is 7.28. The maximum atomic E-state index is 5.97. The minimum atomic E-state index is 0. The highest BCUT2D eigenvalue weighted by molar-refractivity contribution is 5.85. The van der Waals surface area contributed by atoms with E-state index in [1.165, 1.54) is 5.56 Å². The molecule has 1 aromatic heterocycles. The number of methoxy groups -OCH3 is 1. The van der Waals surface area contributed by atoms with Crippen molar-refractivity contribution in [3.63, 3.8) is 0 Å². The number of aryl methyl sites for hydroxylation is 1. The molecule has 2 aromatic rings. The summed E-state index contributed by atoms with van der Waals surface area (Å²) in [5.41, 5.74) is 1.23. The predicted molar refractivity (Wildman–Crippen MR) is 110 cm³/mol. The van der Waals surface area contributed by atoms with Gasteiger partial charge in [-0.05, 0) is 23.6 Å². The highest BCUT2D eigenvalue weighted by atomic mass is 35.5. The number of aromatic nitrogens is 2. The number of halogens is 1. The predicted octanol–water partition coefficient (Wildman–Crippen LogP) is 3.03. The molecule has 0 amide bonds. The van der Waals surface area contributed by atoms with Crippen LogP contribution in [0.1, 0.15) is 31.3 Å². The summed E-state index contributed by atoms with van der Waals surface area (Å²) in [4.78, 5) is 7.04. The molecule has 0 spiro atoms. The lowest BCUT2D eigenvalue weighted by Crippen LogP contribution is -2.46. The average molecular weight is 395 g/mol. The molecule has 1 unspecified atom stereocenters. The van der Waals surface area contributed by atoms with Gasteiger partial charge < -0.3 is 19.4 Å². The highest BCUT2D eigenvalue weighted by Crippen LogP contribution is 2.30. The Kier molecular flexibility index (Phi) is 7.95. The number of hydrogen-bond acceptors (Lipinski definition) is 5. The van der Waals surface area contributed by atoms with Crippen LogP contribution in [0.4, 0.5) is 0 Å². The fourth-order valence-electron chi connectivity index (χ4n) is 3.31. The zero-order valence-electron chi connectivity index (χ0n) is 16.6. The molecule has 1 aliphatic heterocycles. The quantitative estimate of drug-likeness (QED) is 0.782. The van der Waals surface area contributed by atoms with Gasteiger partial charge >= 0.3 is 0 Å². The highest BCUT2D eigenvalue weighted by Gasteiger charge is 2.27. The van der Waals surface area contributed by atoms with Gasteiger partial charge in [0.2, 0.25) is 0 Å². The van der Waals surface area contributed by atoms with Crippen molar-refractivity contribution in [3.05, 3.63) is 42.0 Å². The van der Waals surface area contributed by atoms with Gasteiger partial charge in [0, 0.05) is 45.6 Å². The molecular weight excluding hydrogens is 364 g/mol. The first-order chi connectivity index (χ1) is 12.6. The van der Waals surface area contributed by atoms with Gasteiger partial charge in [-0.1, -0.05) is 19.9 Å². The number of benzene rings is 1. The molecule has 1 saturated heterocycles. The van der Waals surface area contributed by atoms with E-state index >= 15 is 0 Å². The summed E-state index contributed by atoms with van der Waals surface area (Å²) in [5, 5.41) is 3.49. The number of piperazine rings is 1. The Labute approximate surface area is 168 Å². The van der Waals surface area contributed by atoms with Crippen molar-refractivity contribution >= 4 is 12.4 Å². The van der Waals surface area contributed by atoms with Crippen LogP contribution >= 0.6 is 12.4 Å². The molecule has 1 aliphatic rings. The molecule has 0 radical (unpaired) electrons. The van der Waals surface area contributed by atoms with E-state index in [4.69, 9.17) is 9.47 Å². The molecule has 1 N–H and O–H groups in total. The smallest absolute Gasteiger partial charge is 0.161 e. The minimum absolute atomic E-state index is 0. The maximum Gasteiger partial charge on any atom is 0.161 e. The van der Waals surface area contributed by atoms with E-state index in [1.807, 2.05) is 18.5 Å². The van der Waals surface area contributed by atoms with Crippen molar-refractivity contribution in [2.45, 2.75) is 26.4 Å². The third-order valence-electron chi connectivity index (χ3n) is 4.70. The first-order valence-electron chi connectivity index (χ1n) is 9.30. The molecule has 2 heterocycles. The summed E-state index contributed by atoms with van der Waals surface area (Å²) in [6.07, 6.45) is 3.88. The number of hydrogen-bond donors (Lipinski definition) is 1. The summed E-state index contributed by atoms with van der Waals surface area (Å²) in [5.74, 6) is 3.18. The molecular formula is C20H31ClN4O2. The van der Waals surface area contributed by atoms with Gasteiger partial charge in [0.1, 0.15) is 5.82 Å². The SMILES string of the molecule is COc1ccc(CN2CCNCC2c2nccn2C)cc1OCC(C)C.Cl. The van der Waals surface area contributed by atoms with Crippen LogP contribution in [0.25, 0.3) is 0 Å². The van der Waals surface area contributed by atoms with Crippen LogP contribution in [-0.4, -0.2) is 47.8 Å². The molecule has 150 valence electrons. The van der Waals surface area contributed by atoms with Gasteiger partial charge in [-0.2, -0.15) is 0 Å². The Bertz CT molecular complexity index is 720.